The second-order valence-electron chi connectivity index (χ2n) is 13.7. The van der Waals surface area contributed by atoms with Crippen molar-refractivity contribution in [3.63, 3.8) is 0 Å². The molecule has 0 radical (unpaired) electrons. The summed E-state index contributed by atoms with van der Waals surface area (Å²) in [6.45, 7) is 10.6. The van der Waals surface area contributed by atoms with E-state index in [1.807, 2.05) is 4.90 Å². The molecule has 0 spiro atoms. The number of hydrogen-bond donors (Lipinski definition) is 0. The third kappa shape index (κ3) is 15.2. The molecule has 40 heavy (non-hydrogen) atoms. The molecule has 1 atom stereocenters. The number of hydrogen-bond acceptors (Lipinski definition) is 3. The summed E-state index contributed by atoms with van der Waals surface area (Å²) in [6.07, 6.45) is 22.0. The lowest BCUT2D eigenvalue weighted by molar-refractivity contribution is -0.929. The molecule has 2 aliphatic heterocycles. The highest BCUT2D eigenvalue weighted by Gasteiger charge is 2.32. The molecule has 7 nitrogen and oxygen atoms in total. The van der Waals surface area contributed by atoms with Gasteiger partial charge in [-0.3, -0.25) is 19.4 Å². The topological polar surface area (TPSA) is 49.9 Å². The third-order valence-electron chi connectivity index (χ3n) is 9.00. The molecular weight excluding hydrogens is 500 g/mol. The van der Waals surface area contributed by atoms with E-state index in [-0.39, 0.29) is 0 Å². The first-order valence-corrected chi connectivity index (χ1v) is 17.0. The van der Waals surface area contributed by atoms with Crippen molar-refractivity contribution in [3.8, 4) is 0 Å². The summed E-state index contributed by atoms with van der Waals surface area (Å²) < 4.78 is 7.77. The minimum Gasteiger partial charge on any atom is -0.381 e. The van der Waals surface area contributed by atoms with Gasteiger partial charge in [-0.15, -0.1) is 0 Å². The van der Waals surface area contributed by atoms with Gasteiger partial charge in [0.15, 0.2) is 13.3 Å². The number of carbonyl (C=O) groups is 2. The quantitative estimate of drug-likeness (QED) is 0.0981. The minimum absolute atomic E-state index is 0.308. The van der Waals surface area contributed by atoms with Crippen LogP contribution in [0.25, 0.3) is 0 Å². The lowest BCUT2D eigenvalue weighted by Gasteiger charge is -2.39. The number of likely N-dealkylation sites (tertiary alicyclic amines) is 2. The average Bonchev–Trinajstić information content (AvgIpc) is 3.50. The number of nitrogens with zero attached hydrogens (tertiary/aromatic N) is 4. The first-order chi connectivity index (χ1) is 19.2. The van der Waals surface area contributed by atoms with E-state index in [4.69, 9.17) is 4.74 Å². The Labute approximate surface area is 247 Å². The normalized spacial score (nSPS) is 17.8. The summed E-state index contributed by atoms with van der Waals surface area (Å²) in [4.78, 5) is 28.6. The van der Waals surface area contributed by atoms with Gasteiger partial charge in [-0.25, -0.2) is 0 Å². The molecule has 0 N–H and O–H groups in total. The molecular formula is C33H66N4O3+2. The van der Waals surface area contributed by atoms with Crippen LogP contribution in [0, 0.1) is 0 Å². The van der Waals surface area contributed by atoms with Gasteiger partial charge in [-0.2, -0.15) is 0 Å². The van der Waals surface area contributed by atoms with E-state index >= 15 is 0 Å². The number of quaternary nitrogens is 2. The first kappa shape index (κ1) is 35.0. The standard InChI is InChI=1S/C33H66N4O3/c1-5-6-7-8-9-10-11-12-13-14-15-16-28-40-29-20-27-37(4,31-35-24-18-22-33(35)39)26-19-25-36(2,3)30-34-23-17-21-32(34)38/h5-31H2,1-4H3/q+2. The highest BCUT2D eigenvalue weighted by molar-refractivity contribution is 5.78. The number of rotatable bonds is 25. The van der Waals surface area contributed by atoms with Crippen molar-refractivity contribution in [2.75, 3.05) is 80.4 Å². The van der Waals surface area contributed by atoms with Crippen LogP contribution in [0.4, 0.5) is 0 Å². The van der Waals surface area contributed by atoms with Gasteiger partial charge in [-0.1, -0.05) is 77.6 Å². The van der Waals surface area contributed by atoms with Gasteiger partial charge in [-0.05, 0) is 19.3 Å². The molecule has 2 amide bonds. The number of ether oxygens (including phenoxy) is 1. The Balaban J connectivity index is 1.58. The molecule has 7 heteroatoms. The van der Waals surface area contributed by atoms with Gasteiger partial charge in [0.2, 0.25) is 11.8 Å². The van der Waals surface area contributed by atoms with Gasteiger partial charge in [0, 0.05) is 45.4 Å². The molecule has 2 rings (SSSR count). The second kappa shape index (κ2) is 19.9. The Kier molecular flexibility index (Phi) is 17.4. The Hall–Kier alpha value is -1.18. The molecule has 0 aromatic heterocycles. The van der Waals surface area contributed by atoms with Gasteiger partial charge < -0.3 is 13.7 Å². The maximum Gasteiger partial charge on any atom is 0.226 e. The number of carbonyl (C=O) groups excluding carboxylic acids is 2. The van der Waals surface area contributed by atoms with Crippen LogP contribution in [0.3, 0.4) is 0 Å². The largest absolute Gasteiger partial charge is 0.381 e. The van der Waals surface area contributed by atoms with Crippen molar-refractivity contribution in [1.29, 1.82) is 0 Å². The van der Waals surface area contributed by atoms with Crippen molar-refractivity contribution in [3.05, 3.63) is 0 Å². The van der Waals surface area contributed by atoms with E-state index in [2.05, 4.69) is 33.0 Å². The van der Waals surface area contributed by atoms with Crippen molar-refractivity contribution in [2.24, 2.45) is 0 Å². The monoisotopic (exact) mass is 567 g/mol. The second-order valence-corrected chi connectivity index (χ2v) is 13.7. The van der Waals surface area contributed by atoms with Gasteiger partial charge >= 0.3 is 0 Å². The van der Waals surface area contributed by atoms with E-state index in [1.165, 1.54) is 77.0 Å². The smallest absolute Gasteiger partial charge is 0.226 e. The predicted octanol–water partition coefficient (Wildman–Crippen LogP) is 6.17. The number of amides is 2. The molecule has 2 aliphatic rings. The van der Waals surface area contributed by atoms with Gasteiger partial charge in [0.05, 0.1) is 47.4 Å². The molecule has 2 fully saturated rings. The fourth-order valence-electron chi connectivity index (χ4n) is 6.48. The van der Waals surface area contributed by atoms with Crippen molar-refractivity contribution < 1.29 is 23.3 Å². The van der Waals surface area contributed by atoms with Gasteiger partial charge in [0.25, 0.3) is 0 Å². The van der Waals surface area contributed by atoms with E-state index in [9.17, 15) is 9.59 Å². The molecule has 1 unspecified atom stereocenters. The van der Waals surface area contributed by atoms with Crippen molar-refractivity contribution in [1.82, 2.24) is 9.80 Å². The Morgan fingerprint density at radius 3 is 1.60 bits per heavy atom. The van der Waals surface area contributed by atoms with E-state index in [0.29, 0.717) is 24.7 Å². The summed E-state index contributed by atoms with van der Waals surface area (Å²) in [5.41, 5.74) is 0. The molecule has 0 aromatic carbocycles. The lowest BCUT2D eigenvalue weighted by Crippen LogP contribution is -2.55. The molecule has 2 heterocycles. The van der Waals surface area contributed by atoms with E-state index in [0.717, 1.165) is 93.9 Å². The van der Waals surface area contributed by atoms with Crippen molar-refractivity contribution >= 4 is 11.8 Å². The average molecular weight is 567 g/mol. The minimum atomic E-state index is 0.308. The highest BCUT2D eigenvalue weighted by Crippen LogP contribution is 2.18. The summed E-state index contributed by atoms with van der Waals surface area (Å²) >= 11 is 0. The fraction of sp³-hybridized carbons (Fsp3) is 0.939. The van der Waals surface area contributed by atoms with E-state index < -0.39 is 0 Å². The Bertz CT molecular complexity index is 701. The fourth-order valence-corrected chi connectivity index (χ4v) is 6.48. The lowest BCUT2D eigenvalue weighted by atomic mass is 10.1. The van der Waals surface area contributed by atoms with Crippen LogP contribution in [-0.2, 0) is 14.3 Å². The molecule has 234 valence electrons. The van der Waals surface area contributed by atoms with E-state index in [1.54, 1.807) is 0 Å². The Morgan fingerprint density at radius 2 is 1.07 bits per heavy atom. The van der Waals surface area contributed by atoms with Crippen LogP contribution in [0.5, 0.6) is 0 Å². The zero-order valence-electron chi connectivity index (χ0n) is 27.1. The van der Waals surface area contributed by atoms with Crippen LogP contribution in [-0.4, -0.2) is 111 Å². The number of unbranched alkanes of at least 4 members (excludes halogenated alkanes) is 11. The van der Waals surface area contributed by atoms with Gasteiger partial charge in [0.1, 0.15) is 0 Å². The molecule has 2 saturated heterocycles. The maximum absolute atomic E-state index is 12.4. The molecule has 0 aromatic rings. The van der Waals surface area contributed by atoms with Crippen molar-refractivity contribution in [2.45, 2.75) is 122 Å². The molecule has 0 saturated carbocycles. The van der Waals surface area contributed by atoms with Crippen LogP contribution >= 0.6 is 0 Å². The molecule has 0 aliphatic carbocycles. The SMILES string of the molecule is CCCCCCCCCCCCCCOCCC[N+](C)(CCC[N+](C)(C)CN1CCCC1=O)CN1CCCC1=O. The maximum atomic E-state index is 12.4. The van der Waals surface area contributed by atoms with Crippen LogP contribution < -0.4 is 0 Å². The molecule has 0 bridgehead atoms. The zero-order valence-corrected chi connectivity index (χ0v) is 27.1. The highest BCUT2D eigenvalue weighted by atomic mass is 16.5. The van der Waals surface area contributed by atoms with Crippen LogP contribution in [0.2, 0.25) is 0 Å². The third-order valence-corrected chi connectivity index (χ3v) is 9.00. The summed E-state index contributed by atoms with van der Waals surface area (Å²) in [7, 11) is 6.80. The first-order valence-electron chi connectivity index (χ1n) is 17.0. The zero-order chi connectivity index (χ0) is 29.1. The Morgan fingerprint density at radius 1 is 0.600 bits per heavy atom. The van der Waals surface area contributed by atoms with Crippen LogP contribution in [0.1, 0.15) is 122 Å². The summed E-state index contributed by atoms with van der Waals surface area (Å²) in [6, 6.07) is 0. The predicted molar refractivity (Wildman–Crippen MR) is 166 cm³/mol. The summed E-state index contributed by atoms with van der Waals surface area (Å²) in [5, 5.41) is 0. The van der Waals surface area contributed by atoms with Crippen LogP contribution in [0.15, 0.2) is 0 Å². The summed E-state index contributed by atoms with van der Waals surface area (Å²) in [5.74, 6) is 0.624.